The molecule has 9 aromatic heterocycles. The van der Waals surface area contributed by atoms with E-state index in [0.717, 1.165) is 183 Å². The summed E-state index contributed by atoms with van der Waals surface area (Å²) in [4.78, 5) is 29.3. The molecule has 14 nitrogen and oxygen atoms in total. The molecule has 0 saturated heterocycles. The minimum Gasteiger partial charge on any atom is -0.454 e. The molecule has 146 heavy (non-hydrogen) atoms. The van der Waals surface area contributed by atoms with E-state index in [9.17, 15) is 10.5 Å². The molecule has 29 aromatic rings. The molecule has 0 aliphatic carbocycles. The zero-order chi connectivity index (χ0) is 97.0. The topological polar surface area (TPSA) is 154 Å². The van der Waals surface area contributed by atoms with Crippen molar-refractivity contribution in [1.29, 1.82) is 10.5 Å². The highest BCUT2D eigenvalue weighted by Gasteiger charge is 2.26. The van der Waals surface area contributed by atoms with Crippen LogP contribution in [0, 0.1) is 29.2 Å². The Bertz CT molecular complexity index is 10100. The fourth-order valence-electron chi connectivity index (χ4n) is 21.7. The largest absolute Gasteiger partial charge is 0.454 e. The first kappa shape index (κ1) is 84.8. The molecule has 0 atom stereocenters. The first-order valence-corrected chi connectivity index (χ1v) is 48.5. The number of rotatable bonds is 12. The zero-order valence-corrected chi connectivity index (χ0v) is 78.3. The van der Waals surface area contributed by atoms with Crippen LogP contribution >= 0.6 is 0 Å². The fraction of sp³-hybridized carbons (Fsp3) is 0. The highest BCUT2D eigenvalue weighted by Crippen LogP contribution is 2.47. The van der Waals surface area contributed by atoms with Gasteiger partial charge in [-0.25, -0.2) is 29.8 Å². The second-order valence-corrected chi connectivity index (χ2v) is 36.7. The van der Waals surface area contributed by atoms with E-state index in [2.05, 4.69) is 380 Å². The van der Waals surface area contributed by atoms with Gasteiger partial charge in [0, 0.05) is 109 Å². The molecule has 0 spiro atoms. The average molecular weight is 1860 g/mol. The summed E-state index contributed by atoms with van der Waals surface area (Å²) >= 11 is 0. The molecular formula is C132H79N13O. The molecule has 0 aliphatic heterocycles. The van der Waals surface area contributed by atoms with Gasteiger partial charge in [0.05, 0.1) is 113 Å². The third-order valence-electron chi connectivity index (χ3n) is 28.3. The molecule has 0 radical (unpaired) electrons. The van der Waals surface area contributed by atoms with Gasteiger partial charge in [-0.1, -0.05) is 297 Å². The fourth-order valence-corrected chi connectivity index (χ4v) is 21.7. The van der Waals surface area contributed by atoms with E-state index < -0.39 is 0 Å². The van der Waals surface area contributed by atoms with Crippen molar-refractivity contribution in [1.82, 2.24) is 47.8 Å². The number of para-hydroxylation sites is 10. The molecule has 0 aliphatic rings. The van der Waals surface area contributed by atoms with Crippen LogP contribution in [0.2, 0.25) is 0 Å². The van der Waals surface area contributed by atoms with Crippen molar-refractivity contribution in [2.75, 3.05) is 0 Å². The predicted molar refractivity (Wildman–Crippen MR) is 596 cm³/mol. The smallest absolute Gasteiger partial charge is 0.235 e. The highest BCUT2D eigenvalue weighted by molar-refractivity contribution is 6.22. The second-order valence-electron chi connectivity index (χ2n) is 36.7. The van der Waals surface area contributed by atoms with Crippen molar-refractivity contribution in [3.05, 3.63) is 502 Å². The standard InChI is InChI=1S/C46H28N4.C45H27N5.C41H24N4O/c47-29-30-11-10-12-33(25-30)38-28-46(48-41-18-7-4-15-35(38)41)50-43-20-9-6-17-37(43)40-27-32(22-24-45(40)50)31-21-23-44-39(26-31)36-16-5-8-19-42(36)49(44)34-13-2-1-3-14-34;46-28-29-11-10-12-32(25-29)44-36-17-4-7-18-39(36)47-45(48-44)50-41-20-9-6-16-35(41)38-27-31(22-24-43(38)50)30-21-23-42-37(26-30)34-15-5-8-19-40(34)49(42)33-13-2-1-3-14-33;1-42-29-15-9-13-27(23-29)36-25-35(26-11-3-2-4-12-26)43-41(44-36)28-14-10-16-30(24-28)45-37-19-7-5-17-31(37)33-21-22-34-32-18-6-8-20-38(32)46-40(34)39(33)45/h1-28H;1-27H;2-25H. The molecule has 0 unspecified atom stereocenters. The SMILES string of the molecule is N#Cc1cccc(-c2cc(-n3c4ccccc4c4cc(-c5ccc6c(c5)c5ccccc5n6-c5ccccc5)ccc43)nc3ccccc23)c1.N#Cc1cccc(-c2nc(-n3c4ccccc4c4cc(-c5ccc6c(c5)c5ccccc5n6-c5ccccc5)ccc43)nc3ccccc23)c1.[C-]#[N+]c1cccc(-c2cc(-c3ccccc3)nc(-c3cccc(-n4c5ccccc5c5ccc6c7ccccc7oc6c54)c3)n2)c1. The number of nitrogens with zero attached hydrogens (tertiary/aromatic N) is 13. The van der Waals surface area contributed by atoms with Gasteiger partial charge in [0.15, 0.2) is 17.1 Å². The number of furan rings is 1. The van der Waals surface area contributed by atoms with Gasteiger partial charge in [0.25, 0.3) is 0 Å². The number of hydrogen-bond acceptors (Lipinski definition) is 8. The van der Waals surface area contributed by atoms with E-state index in [0.29, 0.717) is 28.6 Å². The molecular weight excluding hydrogens is 1780 g/mol. The van der Waals surface area contributed by atoms with Crippen molar-refractivity contribution in [3.63, 3.8) is 0 Å². The predicted octanol–water partition coefficient (Wildman–Crippen LogP) is 33.7. The van der Waals surface area contributed by atoms with E-state index in [1.54, 1.807) is 0 Å². The average Bonchev–Trinajstić information content (AvgIpc) is 1.55. The van der Waals surface area contributed by atoms with Gasteiger partial charge in [-0.15, -0.1) is 0 Å². The van der Waals surface area contributed by atoms with Crippen molar-refractivity contribution in [2.45, 2.75) is 0 Å². The molecule has 0 N–H and O–H groups in total. The van der Waals surface area contributed by atoms with Crippen molar-refractivity contribution in [2.24, 2.45) is 0 Å². The lowest BCUT2D eigenvalue weighted by Gasteiger charge is -2.13. The van der Waals surface area contributed by atoms with E-state index >= 15 is 0 Å². The Balaban J connectivity index is 0.000000109. The molecule has 0 bridgehead atoms. The summed E-state index contributed by atoms with van der Waals surface area (Å²) < 4.78 is 18.0. The normalized spacial score (nSPS) is 11.5. The van der Waals surface area contributed by atoms with Crippen LogP contribution in [0.1, 0.15) is 11.1 Å². The number of nitriles is 2. The van der Waals surface area contributed by atoms with Gasteiger partial charge in [-0.05, 0) is 221 Å². The second kappa shape index (κ2) is 35.1. The van der Waals surface area contributed by atoms with Gasteiger partial charge in [-0.2, -0.15) is 10.5 Å². The summed E-state index contributed by atoms with van der Waals surface area (Å²) in [6.07, 6.45) is 0. The quantitative estimate of drug-likeness (QED) is 0.110. The van der Waals surface area contributed by atoms with E-state index in [-0.39, 0.29) is 0 Å². The molecule has 0 fully saturated rings. The van der Waals surface area contributed by atoms with Gasteiger partial charge < -0.3 is 18.1 Å². The Kier molecular flexibility index (Phi) is 20.4. The van der Waals surface area contributed by atoms with Crippen LogP contribution in [0.3, 0.4) is 0 Å². The van der Waals surface area contributed by atoms with Crippen molar-refractivity contribution in [3.8, 4) is 120 Å². The lowest BCUT2D eigenvalue weighted by atomic mass is 9.99. The van der Waals surface area contributed by atoms with Crippen LogP contribution < -0.4 is 0 Å². The number of hydrogen-bond donors (Lipinski definition) is 0. The van der Waals surface area contributed by atoms with Crippen LogP contribution in [0.5, 0.6) is 0 Å². The zero-order valence-electron chi connectivity index (χ0n) is 78.3. The molecule has 0 amide bonds. The Morgan fingerprint density at radius 3 is 1.21 bits per heavy atom. The maximum absolute atomic E-state index is 9.65. The van der Waals surface area contributed by atoms with Gasteiger partial charge >= 0.3 is 0 Å². The van der Waals surface area contributed by atoms with E-state index in [1.165, 1.54) is 65.5 Å². The minimum absolute atomic E-state index is 0.573. The third-order valence-corrected chi connectivity index (χ3v) is 28.3. The van der Waals surface area contributed by atoms with Crippen LogP contribution in [-0.2, 0) is 0 Å². The van der Waals surface area contributed by atoms with E-state index in [1.807, 2.05) is 140 Å². The monoisotopic (exact) mass is 1860 g/mol. The maximum atomic E-state index is 9.65. The number of aromatic nitrogens is 10. The van der Waals surface area contributed by atoms with Gasteiger partial charge in [-0.3, -0.25) is 9.13 Å². The first-order chi connectivity index (χ1) is 72.2. The van der Waals surface area contributed by atoms with Gasteiger partial charge in [0.2, 0.25) is 5.95 Å². The molecule has 678 valence electrons. The van der Waals surface area contributed by atoms with Gasteiger partial charge in [0.1, 0.15) is 11.4 Å². The molecule has 20 aromatic carbocycles. The Morgan fingerprint density at radius 1 is 0.240 bits per heavy atom. The lowest BCUT2D eigenvalue weighted by Crippen LogP contribution is -2.03. The summed E-state index contributed by atoms with van der Waals surface area (Å²) in [7, 11) is 0. The van der Waals surface area contributed by atoms with Crippen LogP contribution in [0.4, 0.5) is 5.69 Å². The summed E-state index contributed by atoms with van der Waals surface area (Å²) in [5.41, 5.74) is 32.5. The highest BCUT2D eigenvalue weighted by atomic mass is 16.3. The number of benzene rings is 20. The summed E-state index contributed by atoms with van der Waals surface area (Å²) in [5.74, 6) is 2.05. The Labute approximate surface area is 836 Å². The first-order valence-electron chi connectivity index (χ1n) is 48.5. The van der Waals surface area contributed by atoms with Crippen molar-refractivity contribution >= 4 is 158 Å². The third kappa shape index (κ3) is 14.4. The maximum Gasteiger partial charge on any atom is 0.235 e. The van der Waals surface area contributed by atoms with Crippen LogP contribution in [0.15, 0.2) is 484 Å². The van der Waals surface area contributed by atoms with Crippen LogP contribution in [0.25, 0.3) is 265 Å². The Hall–Kier alpha value is -20.5. The number of fused-ring (bicyclic) bond motifs is 21. The minimum atomic E-state index is 0.573. The van der Waals surface area contributed by atoms with Crippen molar-refractivity contribution < 1.29 is 4.42 Å². The summed E-state index contributed by atoms with van der Waals surface area (Å²) in [6.45, 7) is 7.53. The molecule has 9 heterocycles. The number of pyridine rings is 1. The summed E-state index contributed by atoms with van der Waals surface area (Å²) in [6, 6.07) is 170. The Morgan fingerprint density at radius 2 is 0.644 bits per heavy atom. The molecule has 14 heteroatoms. The molecule has 29 rings (SSSR count). The van der Waals surface area contributed by atoms with Crippen LogP contribution in [-0.4, -0.2) is 47.8 Å². The summed E-state index contributed by atoms with van der Waals surface area (Å²) in [5, 5.41) is 35.3. The van der Waals surface area contributed by atoms with E-state index in [4.69, 9.17) is 35.9 Å². The lowest BCUT2D eigenvalue weighted by molar-refractivity contribution is 0.671. The molecule has 0 saturated carbocycles.